The predicted octanol–water partition coefficient (Wildman–Crippen LogP) is -0.411. The van der Waals surface area contributed by atoms with Crippen LogP contribution < -0.4 is 5.73 Å². The maximum atomic E-state index is 12.0. The number of nitrogen functional groups attached to an aromatic ring is 1. The van der Waals surface area contributed by atoms with E-state index in [2.05, 4.69) is 10.2 Å². The number of aromatic nitrogens is 2. The first-order chi connectivity index (χ1) is 7.24. The number of H-pyrrole nitrogens is 1. The minimum absolute atomic E-state index is 0.000216. The van der Waals surface area contributed by atoms with Crippen molar-refractivity contribution in [1.29, 1.82) is 0 Å². The summed E-state index contributed by atoms with van der Waals surface area (Å²) in [6.45, 7) is 0.669. The number of amides is 1. The summed E-state index contributed by atoms with van der Waals surface area (Å²) in [6.07, 6.45) is 3.18. The Morgan fingerprint density at radius 3 is 3.20 bits per heavy atom. The number of nitrogens with zero attached hydrogens (tertiary/aromatic N) is 2. The van der Waals surface area contributed by atoms with Crippen LogP contribution in [0.2, 0.25) is 0 Å². The lowest BCUT2D eigenvalue weighted by Gasteiger charge is -2.22. The summed E-state index contributed by atoms with van der Waals surface area (Å²) in [7, 11) is 0. The van der Waals surface area contributed by atoms with E-state index in [9.17, 15) is 4.79 Å². The zero-order valence-electron chi connectivity index (χ0n) is 8.31. The highest BCUT2D eigenvalue weighted by molar-refractivity contribution is 5.97. The van der Waals surface area contributed by atoms with Gasteiger partial charge >= 0.3 is 0 Å². The number of carbonyl (C=O) groups excluding carboxylic acids is 1. The van der Waals surface area contributed by atoms with E-state index in [0.717, 1.165) is 12.8 Å². The van der Waals surface area contributed by atoms with Crippen molar-refractivity contribution in [1.82, 2.24) is 15.1 Å². The number of likely N-dealkylation sites (tertiary alicyclic amines) is 1. The van der Waals surface area contributed by atoms with E-state index in [4.69, 9.17) is 10.8 Å². The summed E-state index contributed by atoms with van der Waals surface area (Å²) < 4.78 is 0. The second-order valence-corrected chi connectivity index (χ2v) is 3.68. The van der Waals surface area contributed by atoms with Crippen molar-refractivity contribution in [2.24, 2.45) is 0 Å². The summed E-state index contributed by atoms with van der Waals surface area (Å²) in [5.41, 5.74) is 6.26. The number of aromatic amines is 1. The Kier molecular flexibility index (Phi) is 2.59. The molecular formula is C9H14N4O2. The lowest BCUT2D eigenvalue weighted by atomic mass is 10.2. The second kappa shape index (κ2) is 3.90. The van der Waals surface area contributed by atoms with Crippen molar-refractivity contribution < 1.29 is 9.90 Å². The fourth-order valence-corrected chi connectivity index (χ4v) is 1.90. The molecule has 0 saturated carbocycles. The number of hydrogen-bond donors (Lipinski definition) is 3. The molecule has 1 amide bonds. The fraction of sp³-hybridized carbons (Fsp3) is 0.556. The number of hydrogen-bond acceptors (Lipinski definition) is 4. The first-order valence-corrected chi connectivity index (χ1v) is 4.94. The Labute approximate surface area is 87.1 Å². The van der Waals surface area contributed by atoms with Gasteiger partial charge < -0.3 is 15.7 Å². The molecule has 6 heteroatoms. The maximum Gasteiger partial charge on any atom is 0.274 e. The molecule has 1 aliphatic rings. The number of nitrogens with one attached hydrogen (secondary N) is 1. The number of anilines is 1. The lowest BCUT2D eigenvalue weighted by Crippen LogP contribution is -2.38. The van der Waals surface area contributed by atoms with Crippen molar-refractivity contribution in [3.63, 3.8) is 0 Å². The Balaban J connectivity index is 2.18. The molecule has 1 saturated heterocycles. The molecule has 2 rings (SSSR count). The van der Waals surface area contributed by atoms with Crippen molar-refractivity contribution in [3.8, 4) is 0 Å². The Hall–Kier alpha value is -1.56. The number of carbonyl (C=O) groups is 1. The summed E-state index contributed by atoms with van der Waals surface area (Å²) in [6, 6.07) is -0.0831. The average Bonchev–Trinajstić information content (AvgIpc) is 2.84. The number of rotatable bonds is 2. The van der Waals surface area contributed by atoms with Gasteiger partial charge in [-0.3, -0.25) is 9.89 Å². The van der Waals surface area contributed by atoms with E-state index in [-0.39, 0.29) is 18.6 Å². The van der Waals surface area contributed by atoms with Gasteiger partial charge in [-0.1, -0.05) is 0 Å². The fourth-order valence-electron chi connectivity index (χ4n) is 1.90. The average molecular weight is 210 g/mol. The molecule has 0 aromatic carbocycles. The molecule has 0 radical (unpaired) electrons. The molecule has 4 N–H and O–H groups in total. The number of aliphatic hydroxyl groups is 1. The molecule has 1 aromatic rings. The minimum atomic E-state index is -0.179. The van der Waals surface area contributed by atoms with E-state index in [1.54, 1.807) is 4.90 Å². The molecule has 1 fully saturated rings. The van der Waals surface area contributed by atoms with Gasteiger partial charge in [-0.2, -0.15) is 5.10 Å². The first-order valence-electron chi connectivity index (χ1n) is 4.94. The third kappa shape index (κ3) is 1.68. The van der Waals surface area contributed by atoms with E-state index in [1.807, 2.05) is 0 Å². The molecule has 0 aliphatic carbocycles. The molecule has 15 heavy (non-hydrogen) atoms. The highest BCUT2D eigenvalue weighted by Crippen LogP contribution is 2.20. The van der Waals surface area contributed by atoms with E-state index < -0.39 is 0 Å². The molecule has 2 heterocycles. The number of nitrogens with two attached hydrogens (primary N) is 1. The number of aliphatic hydroxyl groups excluding tert-OH is 1. The summed E-state index contributed by atoms with van der Waals surface area (Å²) in [4.78, 5) is 13.6. The normalized spacial score (nSPS) is 20.9. The smallest absolute Gasteiger partial charge is 0.274 e. The first kappa shape index (κ1) is 9.97. The summed E-state index contributed by atoms with van der Waals surface area (Å²) in [5.74, 6) is -0.179. The zero-order valence-corrected chi connectivity index (χ0v) is 8.31. The van der Waals surface area contributed by atoms with Gasteiger partial charge in [0.15, 0.2) is 0 Å². The van der Waals surface area contributed by atoms with Crippen molar-refractivity contribution in [2.45, 2.75) is 18.9 Å². The minimum Gasteiger partial charge on any atom is -0.396 e. The van der Waals surface area contributed by atoms with Gasteiger partial charge in [0.2, 0.25) is 0 Å². The van der Waals surface area contributed by atoms with Gasteiger partial charge in [0, 0.05) is 6.54 Å². The van der Waals surface area contributed by atoms with Gasteiger partial charge in [-0.15, -0.1) is 0 Å². The van der Waals surface area contributed by atoms with Crippen molar-refractivity contribution in [2.75, 3.05) is 18.9 Å². The highest BCUT2D eigenvalue weighted by atomic mass is 16.3. The van der Waals surface area contributed by atoms with Crippen LogP contribution in [-0.4, -0.2) is 45.3 Å². The molecule has 0 unspecified atom stereocenters. The molecular weight excluding hydrogens is 196 g/mol. The van der Waals surface area contributed by atoms with Crippen LogP contribution in [0.1, 0.15) is 23.3 Å². The standard InChI is InChI=1S/C9H14N4O2/c10-7-4-11-12-8(7)9(15)13-3-1-2-6(13)5-14/h4,6,14H,1-3,5,10H2,(H,11,12)/t6-/m1/s1. The molecule has 82 valence electrons. The maximum absolute atomic E-state index is 12.0. The third-order valence-corrected chi connectivity index (χ3v) is 2.73. The van der Waals surface area contributed by atoms with Gasteiger partial charge in [0.25, 0.3) is 5.91 Å². The third-order valence-electron chi connectivity index (χ3n) is 2.73. The van der Waals surface area contributed by atoms with Crippen LogP contribution in [0.3, 0.4) is 0 Å². The van der Waals surface area contributed by atoms with Gasteiger partial charge in [-0.05, 0) is 12.8 Å². The van der Waals surface area contributed by atoms with Gasteiger partial charge in [0.1, 0.15) is 5.69 Å². The quantitative estimate of drug-likeness (QED) is 0.618. The lowest BCUT2D eigenvalue weighted by molar-refractivity contribution is 0.0673. The predicted molar refractivity (Wildman–Crippen MR) is 54.1 cm³/mol. The van der Waals surface area contributed by atoms with Crippen molar-refractivity contribution >= 4 is 11.6 Å². The van der Waals surface area contributed by atoms with Crippen LogP contribution >= 0.6 is 0 Å². The molecule has 0 spiro atoms. The van der Waals surface area contributed by atoms with Crippen LogP contribution in [0.5, 0.6) is 0 Å². The monoisotopic (exact) mass is 210 g/mol. The van der Waals surface area contributed by atoms with E-state index in [1.165, 1.54) is 6.20 Å². The Morgan fingerprint density at radius 1 is 1.80 bits per heavy atom. The van der Waals surface area contributed by atoms with Crippen LogP contribution in [0, 0.1) is 0 Å². The Morgan fingerprint density at radius 2 is 2.60 bits per heavy atom. The van der Waals surface area contributed by atoms with Crippen LogP contribution in [0.4, 0.5) is 5.69 Å². The van der Waals surface area contributed by atoms with Crippen LogP contribution in [0.15, 0.2) is 6.20 Å². The summed E-state index contributed by atoms with van der Waals surface area (Å²) in [5, 5.41) is 15.4. The molecule has 1 aliphatic heterocycles. The summed E-state index contributed by atoms with van der Waals surface area (Å²) >= 11 is 0. The molecule has 0 bridgehead atoms. The molecule has 6 nitrogen and oxygen atoms in total. The Bertz CT molecular complexity index is 363. The zero-order chi connectivity index (χ0) is 10.8. The van der Waals surface area contributed by atoms with Crippen LogP contribution in [-0.2, 0) is 0 Å². The van der Waals surface area contributed by atoms with E-state index in [0.29, 0.717) is 17.9 Å². The SMILES string of the molecule is Nc1cn[nH]c1C(=O)N1CCC[C@@H]1CO. The highest BCUT2D eigenvalue weighted by Gasteiger charge is 2.30. The topological polar surface area (TPSA) is 95.2 Å². The second-order valence-electron chi connectivity index (χ2n) is 3.68. The van der Waals surface area contributed by atoms with Crippen LogP contribution in [0.25, 0.3) is 0 Å². The van der Waals surface area contributed by atoms with E-state index >= 15 is 0 Å². The van der Waals surface area contributed by atoms with Gasteiger partial charge in [-0.25, -0.2) is 0 Å². The van der Waals surface area contributed by atoms with Gasteiger partial charge in [0.05, 0.1) is 24.5 Å². The molecule has 1 atom stereocenters. The largest absolute Gasteiger partial charge is 0.396 e. The molecule has 1 aromatic heterocycles. The van der Waals surface area contributed by atoms with Crippen molar-refractivity contribution in [3.05, 3.63) is 11.9 Å².